The van der Waals surface area contributed by atoms with Crippen molar-refractivity contribution in [2.45, 2.75) is 38.6 Å². The standard InChI is InChI=1S/C18H27N3O3/c1-2-11-19-18(23)21-12-8-15(9-13-21)20-17(22)10-14-24-16-6-4-3-5-7-16/h3-7,15H,2,8-14H2,1H3,(H,19,23)(H,20,22). The Hall–Kier alpha value is -2.24. The van der Waals surface area contributed by atoms with E-state index in [1.807, 2.05) is 42.2 Å². The van der Waals surface area contributed by atoms with Crippen molar-refractivity contribution in [1.82, 2.24) is 15.5 Å². The number of likely N-dealkylation sites (tertiary alicyclic amines) is 1. The van der Waals surface area contributed by atoms with Crippen molar-refractivity contribution < 1.29 is 14.3 Å². The Balaban J connectivity index is 1.61. The number of benzene rings is 1. The normalized spacial score (nSPS) is 15.0. The van der Waals surface area contributed by atoms with Crippen LogP contribution in [0.25, 0.3) is 0 Å². The van der Waals surface area contributed by atoms with Gasteiger partial charge in [-0.15, -0.1) is 0 Å². The van der Waals surface area contributed by atoms with E-state index >= 15 is 0 Å². The molecule has 0 spiro atoms. The fourth-order valence-electron chi connectivity index (χ4n) is 2.65. The minimum absolute atomic E-state index is 0.000171. The number of para-hydroxylation sites is 1. The molecule has 2 N–H and O–H groups in total. The van der Waals surface area contributed by atoms with E-state index in [1.165, 1.54) is 0 Å². The molecule has 1 aliphatic heterocycles. The van der Waals surface area contributed by atoms with E-state index in [0.29, 0.717) is 32.7 Å². The largest absolute Gasteiger partial charge is 0.493 e. The van der Waals surface area contributed by atoms with E-state index in [2.05, 4.69) is 10.6 Å². The summed E-state index contributed by atoms with van der Waals surface area (Å²) in [4.78, 5) is 25.7. The molecular weight excluding hydrogens is 306 g/mol. The molecule has 1 saturated heterocycles. The number of hydrogen-bond donors (Lipinski definition) is 2. The average molecular weight is 333 g/mol. The third-order valence-electron chi connectivity index (χ3n) is 4.01. The maximum atomic E-state index is 12.0. The smallest absolute Gasteiger partial charge is 0.317 e. The zero-order valence-electron chi connectivity index (χ0n) is 14.3. The highest BCUT2D eigenvalue weighted by Crippen LogP contribution is 2.11. The number of ether oxygens (including phenoxy) is 1. The van der Waals surface area contributed by atoms with Gasteiger partial charge >= 0.3 is 6.03 Å². The highest BCUT2D eigenvalue weighted by Gasteiger charge is 2.23. The lowest BCUT2D eigenvalue weighted by atomic mass is 10.1. The Kier molecular flexibility index (Phi) is 7.39. The fourth-order valence-corrected chi connectivity index (χ4v) is 2.65. The van der Waals surface area contributed by atoms with Gasteiger partial charge in [0.1, 0.15) is 5.75 Å². The maximum absolute atomic E-state index is 12.0. The number of carbonyl (C=O) groups is 2. The Morgan fingerprint density at radius 3 is 2.58 bits per heavy atom. The summed E-state index contributed by atoms with van der Waals surface area (Å²) in [5.41, 5.74) is 0. The molecule has 0 atom stereocenters. The molecule has 6 nitrogen and oxygen atoms in total. The van der Waals surface area contributed by atoms with Crippen molar-refractivity contribution in [3.63, 3.8) is 0 Å². The van der Waals surface area contributed by atoms with Crippen LogP contribution in [-0.2, 0) is 4.79 Å². The zero-order valence-corrected chi connectivity index (χ0v) is 14.3. The second-order valence-corrected chi connectivity index (χ2v) is 5.97. The van der Waals surface area contributed by atoms with Crippen LogP contribution in [0.2, 0.25) is 0 Å². The number of piperidine rings is 1. The van der Waals surface area contributed by atoms with Crippen LogP contribution in [0, 0.1) is 0 Å². The van der Waals surface area contributed by atoms with Crippen molar-refractivity contribution >= 4 is 11.9 Å². The van der Waals surface area contributed by atoms with Gasteiger partial charge in [0, 0.05) is 25.7 Å². The predicted octanol–water partition coefficient (Wildman–Crippen LogP) is 2.16. The Morgan fingerprint density at radius 2 is 1.92 bits per heavy atom. The first-order valence-electron chi connectivity index (χ1n) is 8.69. The summed E-state index contributed by atoms with van der Waals surface area (Å²) in [6.45, 7) is 4.47. The summed E-state index contributed by atoms with van der Waals surface area (Å²) in [5, 5.41) is 5.91. The molecular formula is C18H27N3O3. The molecule has 1 fully saturated rings. The second-order valence-electron chi connectivity index (χ2n) is 5.97. The summed E-state index contributed by atoms with van der Waals surface area (Å²) in [6, 6.07) is 9.62. The van der Waals surface area contributed by atoms with Crippen LogP contribution in [0.15, 0.2) is 30.3 Å². The number of rotatable bonds is 7. The number of nitrogens with zero attached hydrogens (tertiary/aromatic N) is 1. The quantitative estimate of drug-likeness (QED) is 0.803. The molecule has 0 saturated carbocycles. The van der Waals surface area contributed by atoms with Crippen LogP contribution in [0.1, 0.15) is 32.6 Å². The van der Waals surface area contributed by atoms with E-state index in [9.17, 15) is 9.59 Å². The van der Waals surface area contributed by atoms with E-state index in [4.69, 9.17) is 4.74 Å². The summed E-state index contributed by atoms with van der Waals surface area (Å²) in [5.74, 6) is 0.775. The molecule has 3 amide bonds. The molecule has 1 aromatic rings. The summed E-state index contributed by atoms with van der Waals surface area (Å²) >= 11 is 0. The SMILES string of the molecule is CCCNC(=O)N1CCC(NC(=O)CCOc2ccccc2)CC1. The Labute approximate surface area is 143 Å². The first kappa shape index (κ1) is 18.1. The first-order valence-corrected chi connectivity index (χ1v) is 8.69. The van der Waals surface area contributed by atoms with Gasteiger partial charge in [-0.3, -0.25) is 4.79 Å². The number of urea groups is 1. The van der Waals surface area contributed by atoms with Gasteiger partial charge in [0.15, 0.2) is 0 Å². The summed E-state index contributed by atoms with van der Waals surface area (Å²) in [6.07, 6.45) is 2.87. The number of hydrogen-bond acceptors (Lipinski definition) is 3. The van der Waals surface area contributed by atoms with E-state index in [0.717, 1.165) is 25.0 Å². The lowest BCUT2D eigenvalue weighted by Crippen LogP contribution is -2.49. The van der Waals surface area contributed by atoms with Crippen molar-refractivity contribution in [2.75, 3.05) is 26.2 Å². The van der Waals surface area contributed by atoms with Crippen molar-refractivity contribution in [3.05, 3.63) is 30.3 Å². The number of nitrogens with one attached hydrogen (secondary N) is 2. The monoisotopic (exact) mass is 333 g/mol. The van der Waals surface area contributed by atoms with Gasteiger partial charge in [0.25, 0.3) is 0 Å². The third-order valence-corrected chi connectivity index (χ3v) is 4.01. The molecule has 24 heavy (non-hydrogen) atoms. The number of carbonyl (C=O) groups excluding carboxylic acids is 2. The molecule has 0 aliphatic carbocycles. The van der Waals surface area contributed by atoms with Crippen LogP contribution in [0.4, 0.5) is 4.79 Å². The van der Waals surface area contributed by atoms with Gasteiger partial charge in [-0.2, -0.15) is 0 Å². The average Bonchev–Trinajstić information content (AvgIpc) is 2.61. The highest BCUT2D eigenvalue weighted by atomic mass is 16.5. The molecule has 2 rings (SSSR count). The van der Waals surface area contributed by atoms with E-state index in [1.54, 1.807) is 0 Å². The molecule has 132 valence electrons. The first-order chi connectivity index (χ1) is 11.7. The molecule has 0 radical (unpaired) electrons. The van der Waals surface area contributed by atoms with Gasteiger partial charge in [-0.1, -0.05) is 25.1 Å². The van der Waals surface area contributed by atoms with Gasteiger partial charge in [-0.25, -0.2) is 4.79 Å². The molecule has 6 heteroatoms. The van der Waals surface area contributed by atoms with Gasteiger partial charge in [-0.05, 0) is 31.4 Å². The predicted molar refractivity (Wildman–Crippen MR) is 93.0 cm³/mol. The molecule has 1 aliphatic rings. The molecule has 1 aromatic carbocycles. The van der Waals surface area contributed by atoms with Crippen LogP contribution in [0.5, 0.6) is 5.75 Å². The van der Waals surface area contributed by atoms with E-state index < -0.39 is 0 Å². The molecule has 0 unspecified atom stereocenters. The minimum atomic E-state index is -0.00196. The van der Waals surface area contributed by atoms with E-state index in [-0.39, 0.29) is 18.0 Å². The van der Waals surface area contributed by atoms with Crippen LogP contribution in [-0.4, -0.2) is 49.1 Å². The summed E-state index contributed by atoms with van der Waals surface area (Å²) < 4.78 is 5.53. The fraction of sp³-hybridized carbons (Fsp3) is 0.556. The molecule has 1 heterocycles. The maximum Gasteiger partial charge on any atom is 0.317 e. The highest BCUT2D eigenvalue weighted by molar-refractivity contribution is 5.76. The lowest BCUT2D eigenvalue weighted by molar-refractivity contribution is -0.122. The Morgan fingerprint density at radius 1 is 1.21 bits per heavy atom. The third kappa shape index (κ3) is 6.10. The van der Waals surface area contributed by atoms with Crippen LogP contribution in [0.3, 0.4) is 0 Å². The molecule has 0 bridgehead atoms. The van der Waals surface area contributed by atoms with Crippen LogP contribution < -0.4 is 15.4 Å². The Bertz CT molecular complexity index is 514. The van der Waals surface area contributed by atoms with Gasteiger partial charge in [0.05, 0.1) is 13.0 Å². The summed E-state index contributed by atoms with van der Waals surface area (Å²) in [7, 11) is 0. The topological polar surface area (TPSA) is 70.7 Å². The van der Waals surface area contributed by atoms with Crippen molar-refractivity contribution in [2.24, 2.45) is 0 Å². The van der Waals surface area contributed by atoms with Gasteiger partial charge in [0.2, 0.25) is 5.91 Å². The van der Waals surface area contributed by atoms with Crippen molar-refractivity contribution in [1.29, 1.82) is 0 Å². The zero-order chi connectivity index (χ0) is 17.2. The minimum Gasteiger partial charge on any atom is -0.493 e. The van der Waals surface area contributed by atoms with Crippen molar-refractivity contribution in [3.8, 4) is 5.75 Å². The molecule has 0 aromatic heterocycles. The van der Waals surface area contributed by atoms with Gasteiger partial charge < -0.3 is 20.3 Å². The number of amides is 3. The lowest BCUT2D eigenvalue weighted by Gasteiger charge is -2.32. The second kappa shape index (κ2) is 9.80. The van der Waals surface area contributed by atoms with Crippen LogP contribution >= 0.6 is 0 Å².